The van der Waals surface area contributed by atoms with E-state index in [1.54, 1.807) is 21.1 Å². The van der Waals surface area contributed by atoms with Crippen molar-refractivity contribution in [3.8, 4) is 11.5 Å². The van der Waals surface area contributed by atoms with Crippen LogP contribution >= 0.6 is 7.60 Å². The van der Waals surface area contributed by atoms with Gasteiger partial charge in [-0.05, 0) is 69.2 Å². The number of aliphatic hydroxyl groups is 1. The van der Waals surface area contributed by atoms with Crippen LogP contribution in [0.2, 0.25) is 5.04 Å². The molecule has 3 aromatic heterocycles. The number of benzene rings is 5. The Balaban J connectivity index is 1.03. The molecule has 10 rings (SSSR count). The number of aromatic amines is 2. The molecular formula is C62H72N7O13PSi. The van der Waals surface area contributed by atoms with E-state index in [2.05, 4.69) is 65.3 Å². The summed E-state index contributed by atoms with van der Waals surface area (Å²) in [6, 6.07) is 44.7. The molecule has 0 radical (unpaired) electrons. The molecule has 2 aliphatic rings. The van der Waals surface area contributed by atoms with Crippen LogP contribution in [0, 0.1) is 12.8 Å². The van der Waals surface area contributed by atoms with Crippen LogP contribution < -0.4 is 42.0 Å². The van der Waals surface area contributed by atoms with E-state index in [9.17, 15) is 19.5 Å². The molecule has 0 bridgehead atoms. The first-order valence-corrected chi connectivity index (χ1v) is 31.8. The fraction of sp³-hybridized carbons (Fsp3) is 0.371. The number of hydrogen-bond acceptors (Lipinski definition) is 16. The van der Waals surface area contributed by atoms with Gasteiger partial charge in [-0.1, -0.05) is 150 Å². The average Bonchev–Trinajstić information content (AvgIpc) is 3.19. The smallest absolute Gasteiger partial charge is 0.330 e. The van der Waals surface area contributed by atoms with Gasteiger partial charge in [0, 0.05) is 31.4 Å². The maximum absolute atomic E-state index is 15.4. The summed E-state index contributed by atoms with van der Waals surface area (Å²) in [5.41, 5.74) is -0.505. The highest BCUT2D eigenvalue weighted by atomic mass is 31.2. The van der Waals surface area contributed by atoms with E-state index in [4.69, 9.17) is 42.1 Å². The number of aryl methyl sites for hydroxylation is 1. The van der Waals surface area contributed by atoms with E-state index in [0.717, 1.165) is 15.9 Å². The Kier molecular flexibility index (Phi) is 17.6. The summed E-state index contributed by atoms with van der Waals surface area (Å²) < 4.78 is 70.9. The summed E-state index contributed by atoms with van der Waals surface area (Å²) in [5, 5.41) is 17.4. The Labute approximate surface area is 487 Å². The van der Waals surface area contributed by atoms with Crippen LogP contribution in [0.5, 0.6) is 11.5 Å². The van der Waals surface area contributed by atoms with Crippen molar-refractivity contribution in [1.29, 1.82) is 0 Å². The normalized spacial score (nSPS) is 21.0. The number of imidazole rings is 1. The minimum atomic E-state index is -4.32. The molecule has 0 saturated carbocycles. The van der Waals surface area contributed by atoms with Crippen molar-refractivity contribution in [1.82, 2.24) is 29.1 Å². The molecule has 20 nitrogen and oxygen atoms in total. The lowest BCUT2D eigenvalue weighted by molar-refractivity contribution is -0.0933. The van der Waals surface area contributed by atoms with E-state index in [1.807, 2.05) is 129 Å². The number of H-pyrrole nitrogens is 2. The SMILES string of the molecule is COc1ccc(C(OC[C@H]2O[C@@H](n3cnc4c(=O)[nH]c(NCC(C)C)nc43)[C@H](O)[C@@H]2OP(C)(=O)OC[C@H]2O[C@@H](n3cc(C)c(=O)[nH]c3=O)C[C@@H]2O[Si](c2ccccc2)(c2ccccc2)C(C)(C)C)(c2ccccc2)c2ccc(OC)cc2)cc1. The third kappa shape index (κ3) is 12.0. The lowest BCUT2D eigenvalue weighted by Crippen LogP contribution is -2.68. The van der Waals surface area contributed by atoms with E-state index in [-0.39, 0.29) is 42.7 Å². The van der Waals surface area contributed by atoms with Crippen molar-refractivity contribution < 1.29 is 46.8 Å². The fourth-order valence-corrected chi connectivity index (χ4v) is 17.2. The monoisotopic (exact) mass is 1180 g/mol. The van der Waals surface area contributed by atoms with Crippen LogP contribution in [0.25, 0.3) is 11.2 Å². The molecule has 0 amide bonds. The number of ether oxygens (including phenoxy) is 5. The Hall–Kier alpha value is -7.30. The van der Waals surface area contributed by atoms with Gasteiger partial charge in [-0.3, -0.25) is 37.8 Å². The van der Waals surface area contributed by atoms with Gasteiger partial charge in [-0.2, -0.15) is 4.98 Å². The quantitative estimate of drug-likeness (QED) is 0.0288. The molecule has 5 heterocycles. The number of hydrogen-bond donors (Lipinski definition) is 4. The number of fused-ring (bicyclic) bond motifs is 1. The van der Waals surface area contributed by atoms with Crippen LogP contribution in [0.4, 0.5) is 5.95 Å². The zero-order valence-corrected chi connectivity index (χ0v) is 50.4. The molecule has 8 aromatic rings. The highest BCUT2D eigenvalue weighted by Gasteiger charge is 2.55. The molecule has 2 fully saturated rings. The van der Waals surface area contributed by atoms with Crippen molar-refractivity contribution in [2.75, 3.05) is 46.0 Å². The number of nitrogens with zero attached hydrogens (tertiary/aromatic N) is 4. The predicted octanol–water partition coefficient (Wildman–Crippen LogP) is 7.79. The Morgan fingerprint density at radius 1 is 0.762 bits per heavy atom. The summed E-state index contributed by atoms with van der Waals surface area (Å²) >= 11 is 0. The van der Waals surface area contributed by atoms with E-state index in [0.29, 0.717) is 34.7 Å². The molecule has 1 unspecified atom stereocenters. The van der Waals surface area contributed by atoms with Crippen LogP contribution in [0.1, 0.15) is 75.7 Å². The average molecular weight is 1180 g/mol. The van der Waals surface area contributed by atoms with Gasteiger partial charge in [0.25, 0.3) is 19.4 Å². The van der Waals surface area contributed by atoms with Gasteiger partial charge in [0.15, 0.2) is 17.4 Å². The van der Waals surface area contributed by atoms with Gasteiger partial charge in [-0.15, -0.1) is 0 Å². The standard InChI is InChI=1S/C62H72N7O13PSi/c1-39(2)34-63-59-65-55-52(57(72)66-59)64-38-69(55)58-53(70)54(50(80-58)36-77-62(41-19-13-10-14-20-41,42-25-29-44(75-7)30-26-42)43-27-31-45(76-8)32-28-43)81-83(9,74)78-37-49-48(33-51(79-49)68-35-40(3)56(71)67-60(68)73)82-84(61(4,5)6,46-21-15-11-16-22-46)47-23-17-12-18-24-47/h10-32,35,38-39,48-51,53-54,58,70H,33-34,36-37H2,1-9H3,(H,67,71,73)(H2,63,65,66,72)/t48-,49+,50+,51+,53+,54+,58+,83?/m0/s1. The lowest BCUT2D eigenvalue weighted by atomic mass is 9.80. The van der Waals surface area contributed by atoms with Gasteiger partial charge in [0.2, 0.25) is 5.95 Å². The fourth-order valence-electron chi connectivity index (χ4n) is 11.3. The van der Waals surface area contributed by atoms with E-state index < -0.39 is 86.3 Å². The van der Waals surface area contributed by atoms with Crippen LogP contribution in [0.3, 0.4) is 0 Å². The largest absolute Gasteiger partial charge is 0.497 e. The van der Waals surface area contributed by atoms with Crippen molar-refractivity contribution >= 4 is 43.4 Å². The van der Waals surface area contributed by atoms with Gasteiger partial charge in [0.1, 0.15) is 47.7 Å². The highest BCUT2D eigenvalue weighted by Crippen LogP contribution is 2.51. The Morgan fingerprint density at radius 3 is 1.89 bits per heavy atom. The van der Waals surface area contributed by atoms with Gasteiger partial charge in [-0.25, -0.2) is 9.78 Å². The lowest BCUT2D eigenvalue weighted by Gasteiger charge is -2.45. The molecule has 2 aliphatic heterocycles. The third-order valence-corrected chi connectivity index (χ3v) is 21.8. The second kappa shape index (κ2) is 24.7. The molecule has 0 spiro atoms. The molecule has 442 valence electrons. The highest BCUT2D eigenvalue weighted by molar-refractivity contribution is 7.53. The number of nitrogens with one attached hydrogen (secondary N) is 3. The van der Waals surface area contributed by atoms with Crippen LogP contribution in [-0.2, 0) is 37.9 Å². The first-order chi connectivity index (χ1) is 40.2. The first-order valence-electron chi connectivity index (χ1n) is 27.9. The second-order valence-electron chi connectivity index (χ2n) is 22.7. The Morgan fingerprint density at radius 2 is 1.33 bits per heavy atom. The maximum atomic E-state index is 15.4. The van der Waals surface area contributed by atoms with Crippen LogP contribution in [-0.4, -0.2) is 114 Å². The summed E-state index contributed by atoms with van der Waals surface area (Å²) in [7, 11) is -4.46. The number of aromatic nitrogens is 6. The Bertz CT molecular complexity index is 3680. The van der Waals surface area contributed by atoms with E-state index >= 15 is 4.57 Å². The van der Waals surface area contributed by atoms with Crippen molar-refractivity contribution in [3.05, 3.63) is 205 Å². The molecule has 2 saturated heterocycles. The summed E-state index contributed by atoms with van der Waals surface area (Å²) in [4.78, 5) is 53.9. The summed E-state index contributed by atoms with van der Waals surface area (Å²) in [6.45, 7) is 13.2. The number of rotatable bonds is 22. The topological polar surface area (TPSA) is 242 Å². The molecule has 0 aliphatic carbocycles. The summed E-state index contributed by atoms with van der Waals surface area (Å²) in [6.07, 6.45) is -5.30. The third-order valence-electron chi connectivity index (χ3n) is 15.5. The van der Waals surface area contributed by atoms with Crippen molar-refractivity contribution in [2.45, 2.75) is 102 Å². The second-order valence-corrected chi connectivity index (χ2v) is 28.9. The number of anilines is 1. The minimum absolute atomic E-state index is 0.00587. The number of aliphatic hydroxyl groups excluding tert-OH is 1. The number of methoxy groups -OCH3 is 2. The molecule has 22 heteroatoms. The predicted molar refractivity (Wildman–Crippen MR) is 321 cm³/mol. The van der Waals surface area contributed by atoms with Crippen LogP contribution in [0.15, 0.2) is 166 Å². The minimum Gasteiger partial charge on any atom is -0.497 e. The molecule has 5 aromatic carbocycles. The zero-order valence-electron chi connectivity index (χ0n) is 48.5. The molecule has 84 heavy (non-hydrogen) atoms. The van der Waals surface area contributed by atoms with Gasteiger partial charge >= 0.3 is 13.3 Å². The van der Waals surface area contributed by atoms with Crippen molar-refractivity contribution in [3.63, 3.8) is 0 Å². The first kappa shape index (κ1) is 59.8. The van der Waals surface area contributed by atoms with Gasteiger partial charge < -0.3 is 43.1 Å². The summed E-state index contributed by atoms with van der Waals surface area (Å²) in [5.74, 6) is 1.65. The molecular weight excluding hydrogens is 1110 g/mol. The maximum Gasteiger partial charge on any atom is 0.330 e. The molecule has 8 atom stereocenters. The van der Waals surface area contributed by atoms with E-state index in [1.165, 1.54) is 28.3 Å². The van der Waals surface area contributed by atoms with Crippen molar-refractivity contribution in [2.24, 2.45) is 5.92 Å². The zero-order chi connectivity index (χ0) is 59.6. The molecule has 4 N–H and O–H groups in total. The van der Waals surface area contributed by atoms with Gasteiger partial charge in [0.05, 0.1) is 39.9 Å².